The summed E-state index contributed by atoms with van der Waals surface area (Å²) in [5.74, 6) is 2.60. The Bertz CT molecular complexity index is 1060. The van der Waals surface area contributed by atoms with Gasteiger partial charge in [0.2, 0.25) is 5.91 Å². The Kier molecular flexibility index (Phi) is 7.53. The number of hydrogen-bond acceptors (Lipinski definition) is 7. The molecule has 0 radical (unpaired) electrons. The quantitative estimate of drug-likeness (QED) is 0.561. The van der Waals surface area contributed by atoms with Crippen LogP contribution < -0.4 is 14.4 Å². The van der Waals surface area contributed by atoms with Crippen LogP contribution in [0, 0.1) is 11.3 Å². The molecule has 2 aromatic rings. The number of rotatable bonds is 9. The normalized spacial score (nSPS) is 17.9. The van der Waals surface area contributed by atoms with Gasteiger partial charge < -0.3 is 24.0 Å². The number of aromatic nitrogens is 1. The third-order valence-corrected chi connectivity index (χ3v) is 6.38. The minimum atomic E-state index is 0.0276. The zero-order valence-electron chi connectivity index (χ0n) is 20.1. The van der Waals surface area contributed by atoms with Crippen LogP contribution in [0.2, 0.25) is 0 Å². The molecule has 2 heterocycles. The minimum Gasteiger partial charge on any atom is -0.497 e. The van der Waals surface area contributed by atoms with Crippen molar-refractivity contribution < 1.29 is 19.0 Å². The lowest BCUT2D eigenvalue weighted by atomic mass is 10.1. The lowest BCUT2D eigenvalue weighted by Crippen LogP contribution is -2.54. The van der Waals surface area contributed by atoms with Crippen LogP contribution in [0.25, 0.3) is 0 Å². The number of pyridine rings is 1. The SMILES string of the molecule is COCCC(=O)N1CCN(c2nc(C3CC3)c(OCc3cccc(OC)c3)cc2C#N)C[C@H]1C. The number of anilines is 1. The molecule has 0 spiro atoms. The molecular weight excluding hydrogens is 432 g/mol. The van der Waals surface area contributed by atoms with Gasteiger partial charge in [-0.15, -0.1) is 0 Å². The minimum absolute atomic E-state index is 0.0276. The van der Waals surface area contributed by atoms with Crippen molar-refractivity contribution in [2.24, 2.45) is 0 Å². The molecule has 1 saturated carbocycles. The highest BCUT2D eigenvalue weighted by Gasteiger charge is 2.33. The van der Waals surface area contributed by atoms with Crippen LogP contribution in [0.5, 0.6) is 11.5 Å². The Labute approximate surface area is 201 Å². The maximum Gasteiger partial charge on any atom is 0.225 e. The molecule has 0 N–H and O–H groups in total. The highest BCUT2D eigenvalue weighted by atomic mass is 16.5. The molecule has 34 heavy (non-hydrogen) atoms. The first-order valence-electron chi connectivity index (χ1n) is 11.8. The average Bonchev–Trinajstić information content (AvgIpc) is 3.71. The van der Waals surface area contributed by atoms with Gasteiger partial charge >= 0.3 is 0 Å². The molecule has 2 fully saturated rings. The molecule has 2 aliphatic rings. The van der Waals surface area contributed by atoms with Gasteiger partial charge in [-0.25, -0.2) is 4.98 Å². The first-order valence-corrected chi connectivity index (χ1v) is 11.8. The zero-order chi connectivity index (χ0) is 24.1. The van der Waals surface area contributed by atoms with Crippen LogP contribution in [0.4, 0.5) is 5.82 Å². The molecule has 4 rings (SSSR count). The molecule has 1 aromatic heterocycles. The third-order valence-electron chi connectivity index (χ3n) is 6.38. The molecule has 1 atom stereocenters. The summed E-state index contributed by atoms with van der Waals surface area (Å²) in [5.41, 5.74) is 2.41. The van der Waals surface area contributed by atoms with Gasteiger partial charge in [-0.3, -0.25) is 4.79 Å². The second-order valence-corrected chi connectivity index (χ2v) is 8.89. The van der Waals surface area contributed by atoms with Gasteiger partial charge in [0, 0.05) is 44.8 Å². The molecule has 1 aromatic carbocycles. The fraction of sp³-hybridized carbons (Fsp3) is 0.500. The Morgan fingerprint density at radius 3 is 2.74 bits per heavy atom. The summed E-state index contributed by atoms with van der Waals surface area (Å²) in [6.45, 7) is 4.71. The van der Waals surface area contributed by atoms with E-state index in [1.807, 2.05) is 42.2 Å². The van der Waals surface area contributed by atoms with Crippen molar-refractivity contribution in [1.82, 2.24) is 9.88 Å². The van der Waals surface area contributed by atoms with Crippen molar-refractivity contribution in [3.05, 3.63) is 47.2 Å². The van der Waals surface area contributed by atoms with Crippen molar-refractivity contribution in [2.45, 2.75) is 44.8 Å². The molecule has 1 aliphatic carbocycles. The topological polar surface area (TPSA) is 87.9 Å². The van der Waals surface area contributed by atoms with Crippen LogP contribution in [0.1, 0.15) is 48.9 Å². The van der Waals surface area contributed by atoms with Crippen molar-refractivity contribution in [3.8, 4) is 17.6 Å². The van der Waals surface area contributed by atoms with Crippen LogP contribution in [-0.4, -0.2) is 62.3 Å². The number of carbonyl (C=O) groups is 1. The average molecular weight is 465 g/mol. The van der Waals surface area contributed by atoms with E-state index in [4.69, 9.17) is 19.2 Å². The molecule has 1 aliphatic heterocycles. The number of nitriles is 1. The van der Waals surface area contributed by atoms with Gasteiger partial charge in [-0.05, 0) is 37.5 Å². The fourth-order valence-corrected chi connectivity index (χ4v) is 4.36. The summed E-state index contributed by atoms with van der Waals surface area (Å²) in [6.07, 6.45) is 2.53. The van der Waals surface area contributed by atoms with E-state index in [0.717, 1.165) is 29.8 Å². The van der Waals surface area contributed by atoms with Crippen molar-refractivity contribution in [3.63, 3.8) is 0 Å². The summed E-state index contributed by atoms with van der Waals surface area (Å²) >= 11 is 0. The molecule has 1 saturated heterocycles. The van der Waals surface area contributed by atoms with Crippen molar-refractivity contribution >= 4 is 11.7 Å². The van der Waals surface area contributed by atoms with Crippen LogP contribution in [0.3, 0.4) is 0 Å². The Morgan fingerprint density at radius 1 is 1.24 bits per heavy atom. The first-order chi connectivity index (χ1) is 16.5. The maximum absolute atomic E-state index is 12.5. The lowest BCUT2D eigenvalue weighted by Gasteiger charge is -2.40. The van der Waals surface area contributed by atoms with Gasteiger partial charge in [0.1, 0.15) is 30.0 Å². The van der Waals surface area contributed by atoms with E-state index >= 15 is 0 Å². The Morgan fingerprint density at radius 2 is 2.06 bits per heavy atom. The second-order valence-electron chi connectivity index (χ2n) is 8.89. The van der Waals surface area contributed by atoms with Gasteiger partial charge in [0.25, 0.3) is 0 Å². The number of piperazine rings is 1. The Balaban J connectivity index is 1.52. The number of hydrogen-bond donors (Lipinski definition) is 0. The van der Waals surface area contributed by atoms with Gasteiger partial charge in [-0.1, -0.05) is 12.1 Å². The number of nitrogens with zero attached hydrogens (tertiary/aromatic N) is 4. The number of benzene rings is 1. The monoisotopic (exact) mass is 464 g/mol. The second kappa shape index (κ2) is 10.7. The number of ether oxygens (including phenoxy) is 3. The summed E-state index contributed by atoms with van der Waals surface area (Å²) < 4.78 is 16.5. The van der Waals surface area contributed by atoms with Crippen LogP contribution in [-0.2, 0) is 16.1 Å². The van der Waals surface area contributed by atoms with Crippen molar-refractivity contribution in [2.75, 3.05) is 45.4 Å². The van der Waals surface area contributed by atoms with E-state index in [1.165, 1.54) is 0 Å². The molecular formula is C26H32N4O4. The first kappa shape index (κ1) is 23.8. The van der Waals surface area contributed by atoms with Crippen LogP contribution >= 0.6 is 0 Å². The number of amides is 1. The van der Waals surface area contributed by atoms with E-state index < -0.39 is 0 Å². The standard InChI is InChI=1S/C26H32N4O4/c1-18-16-29(10-11-30(18)24(31)9-12-32-2)26-21(15-27)14-23(25(28-26)20-7-8-20)34-17-19-5-4-6-22(13-19)33-3/h4-6,13-14,18,20H,7-12,16-17H2,1-3H3/t18-/m1/s1. The summed E-state index contributed by atoms with van der Waals surface area (Å²) in [7, 11) is 3.24. The molecule has 1 amide bonds. The summed E-state index contributed by atoms with van der Waals surface area (Å²) in [6, 6.07) is 11.9. The predicted octanol–water partition coefficient (Wildman–Crippen LogP) is 3.49. The number of carbonyl (C=O) groups excluding carboxylic acids is 1. The Hall–Kier alpha value is -3.31. The van der Waals surface area contributed by atoms with E-state index in [1.54, 1.807) is 14.2 Å². The summed E-state index contributed by atoms with van der Waals surface area (Å²) in [4.78, 5) is 21.5. The lowest BCUT2D eigenvalue weighted by molar-refractivity contribution is -0.134. The molecule has 0 unspecified atom stereocenters. The van der Waals surface area contributed by atoms with E-state index in [2.05, 4.69) is 11.0 Å². The molecule has 8 heteroatoms. The third kappa shape index (κ3) is 5.42. The van der Waals surface area contributed by atoms with Gasteiger partial charge in [-0.2, -0.15) is 5.26 Å². The highest BCUT2D eigenvalue weighted by molar-refractivity contribution is 5.77. The molecule has 0 bridgehead atoms. The van der Waals surface area contributed by atoms with Crippen LogP contribution in [0.15, 0.2) is 30.3 Å². The van der Waals surface area contributed by atoms with E-state index in [0.29, 0.717) is 62.3 Å². The van der Waals surface area contributed by atoms with E-state index in [-0.39, 0.29) is 11.9 Å². The fourth-order valence-electron chi connectivity index (χ4n) is 4.36. The largest absolute Gasteiger partial charge is 0.497 e. The smallest absolute Gasteiger partial charge is 0.225 e. The molecule has 8 nitrogen and oxygen atoms in total. The number of methoxy groups -OCH3 is 2. The predicted molar refractivity (Wildman–Crippen MR) is 128 cm³/mol. The zero-order valence-corrected chi connectivity index (χ0v) is 20.1. The highest BCUT2D eigenvalue weighted by Crippen LogP contribution is 2.45. The maximum atomic E-state index is 12.5. The van der Waals surface area contributed by atoms with Gasteiger partial charge in [0.05, 0.1) is 31.4 Å². The summed E-state index contributed by atoms with van der Waals surface area (Å²) in [5, 5.41) is 9.91. The van der Waals surface area contributed by atoms with Crippen molar-refractivity contribution in [1.29, 1.82) is 5.26 Å². The molecule has 180 valence electrons. The van der Waals surface area contributed by atoms with E-state index in [9.17, 15) is 10.1 Å². The van der Waals surface area contributed by atoms with Gasteiger partial charge in [0.15, 0.2) is 0 Å².